The van der Waals surface area contributed by atoms with Crippen LogP contribution in [0.1, 0.15) is 23.6 Å². The van der Waals surface area contributed by atoms with Crippen LogP contribution in [0.25, 0.3) is 6.08 Å². The van der Waals surface area contributed by atoms with Crippen molar-refractivity contribution in [2.45, 2.75) is 20.5 Å². The van der Waals surface area contributed by atoms with Gasteiger partial charge in [0, 0.05) is 15.6 Å². The van der Waals surface area contributed by atoms with E-state index < -0.39 is 17.8 Å². The van der Waals surface area contributed by atoms with Crippen molar-refractivity contribution in [3.8, 4) is 11.5 Å². The first-order chi connectivity index (χ1) is 17.3. The van der Waals surface area contributed by atoms with E-state index in [1.54, 1.807) is 67.6 Å². The van der Waals surface area contributed by atoms with E-state index in [0.29, 0.717) is 39.4 Å². The number of hydrogen-bond donors (Lipinski definition) is 1. The zero-order valence-corrected chi connectivity index (χ0v) is 21.0. The molecule has 0 saturated carbocycles. The van der Waals surface area contributed by atoms with Crippen molar-refractivity contribution < 1.29 is 23.9 Å². The van der Waals surface area contributed by atoms with Gasteiger partial charge in [-0.05, 0) is 61.4 Å². The number of nitrogens with zero attached hydrogens (tertiary/aromatic N) is 1. The number of rotatable bonds is 7. The van der Waals surface area contributed by atoms with Crippen LogP contribution in [-0.2, 0) is 16.2 Å². The molecule has 9 heteroatoms. The normalized spacial score (nSPS) is 14.7. The molecule has 1 N–H and O–H groups in total. The van der Waals surface area contributed by atoms with Crippen LogP contribution in [0.3, 0.4) is 0 Å². The van der Waals surface area contributed by atoms with E-state index >= 15 is 0 Å². The number of imide groups is 2. The second-order valence-electron chi connectivity index (χ2n) is 7.91. The van der Waals surface area contributed by atoms with Crippen molar-refractivity contribution in [3.63, 3.8) is 0 Å². The number of amides is 4. The van der Waals surface area contributed by atoms with Crippen LogP contribution in [0, 0.1) is 6.92 Å². The molecule has 0 bridgehead atoms. The summed E-state index contributed by atoms with van der Waals surface area (Å²) >= 11 is 12.2. The van der Waals surface area contributed by atoms with Gasteiger partial charge in [0.2, 0.25) is 0 Å². The Labute approximate surface area is 218 Å². The summed E-state index contributed by atoms with van der Waals surface area (Å²) in [6, 6.07) is 16.3. The molecule has 0 aliphatic carbocycles. The Bertz CT molecular complexity index is 1390. The van der Waals surface area contributed by atoms with E-state index in [2.05, 4.69) is 5.32 Å². The number of carbonyl (C=O) groups excluding carboxylic acids is 3. The highest BCUT2D eigenvalue weighted by Crippen LogP contribution is 2.32. The van der Waals surface area contributed by atoms with Crippen LogP contribution in [0.2, 0.25) is 10.0 Å². The molecule has 0 unspecified atom stereocenters. The van der Waals surface area contributed by atoms with Gasteiger partial charge in [-0.2, -0.15) is 0 Å². The lowest BCUT2D eigenvalue weighted by Gasteiger charge is -2.27. The molecule has 3 aromatic carbocycles. The van der Waals surface area contributed by atoms with E-state index in [1.165, 1.54) is 6.08 Å². The monoisotopic (exact) mass is 524 g/mol. The number of aryl methyl sites for hydroxylation is 1. The van der Waals surface area contributed by atoms with Crippen molar-refractivity contribution >= 4 is 52.8 Å². The van der Waals surface area contributed by atoms with Crippen LogP contribution in [0.5, 0.6) is 11.5 Å². The van der Waals surface area contributed by atoms with E-state index in [1.807, 2.05) is 6.92 Å². The van der Waals surface area contributed by atoms with Gasteiger partial charge in [-0.3, -0.25) is 14.9 Å². The minimum absolute atomic E-state index is 0.179. The average Bonchev–Trinajstić information content (AvgIpc) is 2.83. The van der Waals surface area contributed by atoms with E-state index in [0.717, 1.165) is 16.0 Å². The second kappa shape index (κ2) is 10.8. The van der Waals surface area contributed by atoms with Gasteiger partial charge < -0.3 is 9.47 Å². The number of anilines is 1. The molecule has 184 valence electrons. The number of barbiturate groups is 1. The number of carbonyl (C=O) groups is 3. The second-order valence-corrected chi connectivity index (χ2v) is 8.75. The van der Waals surface area contributed by atoms with Crippen molar-refractivity contribution in [2.24, 2.45) is 0 Å². The fourth-order valence-electron chi connectivity index (χ4n) is 3.65. The SMILES string of the molecule is CCOc1cc(/C=C2\C(=O)NC(=O)N(c3ccccc3C)C2=O)ccc1OCc1ccc(Cl)cc1Cl. The Balaban J connectivity index is 1.62. The average molecular weight is 525 g/mol. The highest BCUT2D eigenvalue weighted by atomic mass is 35.5. The predicted molar refractivity (Wildman–Crippen MR) is 139 cm³/mol. The largest absolute Gasteiger partial charge is 0.490 e. The maximum absolute atomic E-state index is 13.2. The summed E-state index contributed by atoms with van der Waals surface area (Å²) in [4.78, 5) is 39.2. The van der Waals surface area contributed by atoms with Gasteiger partial charge in [0.1, 0.15) is 12.2 Å². The van der Waals surface area contributed by atoms with E-state index in [9.17, 15) is 14.4 Å². The summed E-state index contributed by atoms with van der Waals surface area (Å²) in [5.74, 6) is -0.604. The van der Waals surface area contributed by atoms with Gasteiger partial charge in [-0.25, -0.2) is 9.69 Å². The molecule has 1 aliphatic heterocycles. The van der Waals surface area contributed by atoms with E-state index in [-0.39, 0.29) is 12.2 Å². The zero-order chi connectivity index (χ0) is 25.8. The van der Waals surface area contributed by atoms with Crippen LogP contribution in [0.4, 0.5) is 10.5 Å². The molecule has 1 aliphatic rings. The highest BCUT2D eigenvalue weighted by Gasteiger charge is 2.37. The standard InChI is InChI=1S/C27H22Cl2N2O5/c1-3-35-24-13-17(8-11-23(24)36-15-18-9-10-19(28)14-21(18)29)12-20-25(32)30-27(34)31(26(20)33)22-7-5-4-6-16(22)2/h4-14H,3,15H2,1-2H3,(H,30,32,34)/b20-12+. The number of ether oxygens (including phenoxy) is 2. The number of nitrogens with one attached hydrogen (secondary N) is 1. The van der Waals surface area contributed by atoms with Crippen LogP contribution in [0.15, 0.2) is 66.2 Å². The fraction of sp³-hybridized carbons (Fsp3) is 0.148. The summed E-state index contributed by atoms with van der Waals surface area (Å²) in [6.45, 7) is 4.16. The van der Waals surface area contributed by atoms with Crippen LogP contribution in [-0.4, -0.2) is 24.5 Å². The molecule has 1 heterocycles. The van der Waals surface area contributed by atoms with Crippen LogP contribution >= 0.6 is 23.2 Å². The Kier molecular flexibility index (Phi) is 7.62. The summed E-state index contributed by atoms with van der Waals surface area (Å²) < 4.78 is 11.6. The van der Waals surface area contributed by atoms with E-state index in [4.69, 9.17) is 32.7 Å². The molecule has 0 aromatic heterocycles. The third kappa shape index (κ3) is 5.37. The van der Waals surface area contributed by atoms with Gasteiger partial charge in [0.25, 0.3) is 11.8 Å². The van der Waals surface area contributed by atoms with Crippen LogP contribution < -0.4 is 19.7 Å². The maximum Gasteiger partial charge on any atom is 0.335 e. The van der Waals surface area contributed by atoms with Crippen molar-refractivity contribution in [1.82, 2.24) is 5.32 Å². The topological polar surface area (TPSA) is 84.9 Å². The molecule has 4 amide bonds. The molecular formula is C27H22Cl2N2O5. The van der Waals surface area contributed by atoms with Crippen molar-refractivity contribution in [1.29, 1.82) is 0 Å². The molecule has 3 aromatic rings. The molecule has 1 saturated heterocycles. The lowest BCUT2D eigenvalue weighted by Crippen LogP contribution is -2.54. The molecule has 36 heavy (non-hydrogen) atoms. The minimum atomic E-state index is -0.795. The Morgan fingerprint density at radius 1 is 0.944 bits per heavy atom. The van der Waals surface area contributed by atoms with Gasteiger partial charge in [-0.1, -0.05) is 53.5 Å². The molecular weight excluding hydrogens is 503 g/mol. The minimum Gasteiger partial charge on any atom is -0.490 e. The summed E-state index contributed by atoms with van der Waals surface area (Å²) in [6.07, 6.45) is 1.41. The van der Waals surface area contributed by atoms with Crippen molar-refractivity contribution in [2.75, 3.05) is 11.5 Å². The number of urea groups is 1. The molecule has 7 nitrogen and oxygen atoms in total. The quantitative estimate of drug-likeness (QED) is 0.305. The Morgan fingerprint density at radius 2 is 1.72 bits per heavy atom. The molecule has 0 spiro atoms. The number of benzene rings is 3. The third-order valence-electron chi connectivity index (χ3n) is 5.43. The summed E-state index contributed by atoms with van der Waals surface area (Å²) in [7, 11) is 0. The molecule has 1 fully saturated rings. The number of hydrogen-bond acceptors (Lipinski definition) is 5. The smallest absolute Gasteiger partial charge is 0.335 e. The van der Waals surface area contributed by atoms with Gasteiger partial charge in [0.05, 0.1) is 12.3 Å². The summed E-state index contributed by atoms with van der Waals surface area (Å²) in [5, 5.41) is 3.25. The first kappa shape index (κ1) is 25.3. The van der Waals surface area contributed by atoms with Gasteiger partial charge in [-0.15, -0.1) is 0 Å². The first-order valence-electron chi connectivity index (χ1n) is 11.1. The highest BCUT2D eigenvalue weighted by molar-refractivity contribution is 6.39. The Morgan fingerprint density at radius 3 is 2.44 bits per heavy atom. The van der Waals surface area contributed by atoms with Crippen molar-refractivity contribution in [3.05, 3.63) is 93.0 Å². The summed E-state index contributed by atoms with van der Waals surface area (Å²) in [5.41, 5.74) is 2.21. The third-order valence-corrected chi connectivity index (χ3v) is 6.02. The number of para-hydroxylation sites is 1. The number of halogens is 2. The lowest BCUT2D eigenvalue weighted by atomic mass is 10.1. The first-order valence-corrected chi connectivity index (χ1v) is 11.8. The fourth-order valence-corrected chi connectivity index (χ4v) is 4.12. The maximum atomic E-state index is 13.2. The molecule has 4 rings (SSSR count). The lowest BCUT2D eigenvalue weighted by molar-refractivity contribution is -0.122. The van der Waals surface area contributed by atoms with Gasteiger partial charge >= 0.3 is 6.03 Å². The predicted octanol–water partition coefficient (Wildman–Crippen LogP) is 5.95. The molecule has 0 atom stereocenters. The zero-order valence-electron chi connectivity index (χ0n) is 19.5. The Hall–Kier alpha value is -3.81. The van der Waals surface area contributed by atoms with Gasteiger partial charge in [0.15, 0.2) is 11.5 Å². The molecule has 0 radical (unpaired) electrons.